The van der Waals surface area contributed by atoms with E-state index in [0.717, 1.165) is 19.4 Å². The van der Waals surface area contributed by atoms with Crippen LogP contribution in [0.5, 0.6) is 0 Å². The quantitative estimate of drug-likeness (QED) is 0.822. The van der Waals surface area contributed by atoms with Crippen molar-refractivity contribution >= 4 is 17.7 Å². The predicted octanol–water partition coefficient (Wildman–Crippen LogP) is 0.493. The number of benzene rings is 1. The summed E-state index contributed by atoms with van der Waals surface area (Å²) < 4.78 is 0. The van der Waals surface area contributed by atoms with E-state index in [9.17, 15) is 14.4 Å². The molecule has 2 aliphatic rings. The third-order valence-corrected chi connectivity index (χ3v) is 4.27. The fraction of sp³-hybridized carbons (Fsp3) is 0.438. The van der Waals surface area contributed by atoms with Crippen molar-refractivity contribution in [3.05, 3.63) is 35.4 Å². The standard InChI is InChI=1S/C16H19N3O3/c1-18(16(22)13-7-4-8-17-13)9-10-19-14(20)11-5-2-3-6-12(11)15(19)21/h2-3,5-6,13,17H,4,7-10H2,1H3. The lowest BCUT2D eigenvalue weighted by molar-refractivity contribution is -0.131. The van der Waals surface area contributed by atoms with Gasteiger partial charge < -0.3 is 10.2 Å². The van der Waals surface area contributed by atoms with E-state index in [0.29, 0.717) is 17.7 Å². The monoisotopic (exact) mass is 301 g/mol. The van der Waals surface area contributed by atoms with Crippen molar-refractivity contribution in [3.63, 3.8) is 0 Å². The molecule has 1 unspecified atom stereocenters. The van der Waals surface area contributed by atoms with Crippen molar-refractivity contribution < 1.29 is 14.4 Å². The molecule has 22 heavy (non-hydrogen) atoms. The molecule has 1 aromatic carbocycles. The molecule has 1 N–H and O–H groups in total. The first-order chi connectivity index (χ1) is 10.6. The number of nitrogens with zero attached hydrogens (tertiary/aromatic N) is 2. The number of carbonyl (C=O) groups is 3. The van der Waals surface area contributed by atoms with Crippen LogP contribution in [0.1, 0.15) is 33.6 Å². The molecule has 1 atom stereocenters. The molecule has 116 valence electrons. The number of nitrogens with one attached hydrogen (secondary N) is 1. The van der Waals surface area contributed by atoms with Gasteiger partial charge in [-0.25, -0.2) is 0 Å². The number of fused-ring (bicyclic) bond motifs is 1. The third kappa shape index (κ3) is 2.50. The SMILES string of the molecule is CN(CCN1C(=O)c2ccccc2C1=O)C(=O)C1CCCN1. The Morgan fingerprint density at radius 3 is 2.45 bits per heavy atom. The fourth-order valence-corrected chi connectivity index (χ4v) is 2.96. The van der Waals surface area contributed by atoms with Crippen LogP contribution in [-0.2, 0) is 4.79 Å². The van der Waals surface area contributed by atoms with Crippen molar-refractivity contribution in [1.82, 2.24) is 15.1 Å². The number of hydrogen-bond acceptors (Lipinski definition) is 4. The lowest BCUT2D eigenvalue weighted by Gasteiger charge is -2.23. The molecule has 1 aromatic rings. The summed E-state index contributed by atoms with van der Waals surface area (Å²) in [4.78, 5) is 39.5. The van der Waals surface area contributed by atoms with Gasteiger partial charge in [0.2, 0.25) is 5.91 Å². The Labute approximate surface area is 129 Å². The summed E-state index contributed by atoms with van der Waals surface area (Å²) in [5.74, 6) is -0.532. The van der Waals surface area contributed by atoms with Crippen LogP contribution in [0.25, 0.3) is 0 Å². The zero-order chi connectivity index (χ0) is 15.7. The molecule has 6 heteroatoms. The summed E-state index contributed by atoms with van der Waals surface area (Å²) in [6.45, 7) is 1.44. The lowest BCUT2D eigenvalue weighted by atomic mass is 10.1. The molecule has 0 bridgehead atoms. The first kappa shape index (κ1) is 14.7. The first-order valence-corrected chi connectivity index (χ1v) is 7.53. The van der Waals surface area contributed by atoms with Crippen LogP contribution in [0, 0.1) is 0 Å². The molecule has 1 fully saturated rings. The minimum atomic E-state index is -0.277. The van der Waals surface area contributed by atoms with Crippen molar-refractivity contribution in [1.29, 1.82) is 0 Å². The first-order valence-electron chi connectivity index (χ1n) is 7.53. The molecule has 2 aliphatic heterocycles. The van der Waals surface area contributed by atoms with E-state index in [2.05, 4.69) is 5.32 Å². The van der Waals surface area contributed by atoms with Gasteiger partial charge in [-0.15, -0.1) is 0 Å². The maximum Gasteiger partial charge on any atom is 0.261 e. The second-order valence-corrected chi connectivity index (χ2v) is 5.72. The molecule has 3 rings (SSSR count). The van der Waals surface area contributed by atoms with Crippen LogP contribution in [0.4, 0.5) is 0 Å². The second kappa shape index (κ2) is 5.88. The van der Waals surface area contributed by atoms with Crippen molar-refractivity contribution in [2.24, 2.45) is 0 Å². The van der Waals surface area contributed by atoms with Gasteiger partial charge in [-0.05, 0) is 31.5 Å². The van der Waals surface area contributed by atoms with Gasteiger partial charge in [0, 0.05) is 20.1 Å². The Morgan fingerprint density at radius 2 is 1.91 bits per heavy atom. The highest BCUT2D eigenvalue weighted by atomic mass is 16.2. The van der Waals surface area contributed by atoms with Crippen LogP contribution in [-0.4, -0.2) is 60.2 Å². The van der Waals surface area contributed by atoms with E-state index < -0.39 is 0 Å². The molecule has 0 saturated carbocycles. The maximum atomic E-state index is 12.2. The minimum absolute atomic E-state index is 0.0223. The largest absolute Gasteiger partial charge is 0.343 e. The van der Waals surface area contributed by atoms with E-state index in [1.807, 2.05) is 0 Å². The van der Waals surface area contributed by atoms with E-state index in [1.165, 1.54) is 4.90 Å². The average Bonchev–Trinajstić information content (AvgIpc) is 3.14. The number of hydrogen-bond donors (Lipinski definition) is 1. The zero-order valence-electron chi connectivity index (χ0n) is 12.5. The van der Waals surface area contributed by atoms with Crippen LogP contribution in [0.3, 0.4) is 0 Å². The Bertz CT molecular complexity index is 588. The highest BCUT2D eigenvalue weighted by molar-refractivity contribution is 6.21. The van der Waals surface area contributed by atoms with Gasteiger partial charge in [-0.1, -0.05) is 12.1 Å². The molecule has 3 amide bonds. The Hall–Kier alpha value is -2.21. The topological polar surface area (TPSA) is 69.7 Å². The molecule has 0 aliphatic carbocycles. The molecular weight excluding hydrogens is 282 g/mol. The zero-order valence-corrected chi connectivity index (χ0v) is 12.5. The van der Waals surface area contributed by atoms with Crippen molar-refractivity contribution in [3.8, 4) is 0 Å². The fourth-order valence-electron chi connectivity index (χ4n) is 2.96. The Morgan fingerprint density at radius 1 is 1.27 bits per heavy atom. The molecule has 6 nitrogen and oxygen atoms in total. The van der Waals surface area contributed by atoms with Gasteiger partial charge in [0.15, 0.2) is 0 Å². The highest BCUT2D eigenvalue weighted by Crippen LogP contribution is 2.22. The maximum absolute atomic E-state index is 12.2. The van der Waals surface area contributed by atoms with E-state index in [1.54, 1.807) is 36.2 Å². The molecule has 1 saturated heterocycles. The van der Waals surface area contributed by atoms with Crippen molar-refractivity contribution in [2.45, 2.75) is 18.9 Å². The molecule has 2 heterocycles. The van der Waals surface area contributed by atoms with Gasteiger partial charge in [0.05, 0.1) is 17.2 Å². The predicted molar refractivity (Wildman–Crippen MR) is 80.5 cm³/mol. The normalized spacial score (nSPS) is 20.4. The van der Waals surface area contributed by atoms with Crippen LogP contribution in [0.2, 0.25) is 0 Å². The van der Waals surface area contributed by atoms with Gasteiger partial charge in [0.1, 0.15) is 0 Å². The number of carbonyl (C=O) groups excluding carboxylic acids is 3. The number of amides is 3. The summed E-state index contributed by atoms with van der Waals surface area (Å²) in [5.41, 5.74) is 0.887. The lowest BCUT2D eigenvalue weighted by Crippen LogP contribution is -2.45. The van der Waals surface area contributed by atoms with Gasteiger partial charge in [0.25, 0.3) is 11.8 Å². The van der Waals surface area contributed by atoms with E-state index >= 15 is 0 Å². The van der Waals surface area contributed by atoms with Crippen LogP contribution < -0.4 is 5.32 Å². The minimum Gasteiger partial charge on any atom is -0.343 e. The number of rotatable bonds is 4. The van der Waals surface area contributed by atoms with Gasteiger partial charge in [-0.2, -0.15) is 0 Å². The summed E-state index contributed by atoms with van der Waals surface area (Å²) in [5, 5.41) is 3.16. The smallest absolute Gasteiger partial charge is 0.261 e. The van der Waals surface area contributed by atoms with Crippen LogP contribution in [0.15, 0.2) is 24.3 Å². The van der Waals surface area contributed by atoms with Gasteiger partial charge in [-0.3, -0.25) is 19.3 Å². The number of imide groups is 1. The Kier molecular flexibility index (Phi) is 3.94. The van der Waals surface area contributed by atoms with E-state index in [-0.39, 0.29) is 30.3 Å². The van der Waals surface area contributed by atoms with E-state index in [4.69, 9.17) is 0 Å². The molecular formula is C16H19N3O3. The second-order valence-electron chi connectivity index (χ2n) is 5.72. The summed E-state index contributed by atoms with van der Waals surface area (Å²) in [6, 6.07) is 6.68. The van der Waals surface area contributed by atoms with Gasteiger partial charge >= 0.3 is 0 Å². The summed E-state index contributed by atoms with van der Waals surface area (Å²) in [6.07, 6.45) is 1.85. The highest BCUT2D eigenvalue weighted by Gasteiger charge is 2.35. The molecule has 0 spiro atoms. The number of likely N-dealkylation sites (N-methyl/N-ethyl adjacent to an activating group) is 1. The molecule has 0 aromatic heterocycles. The Balaban J connectivity index is 1.61. The van der Waals surface area contributed by atoms with Crippen molar-refractivity contribution in [2.75, 3.05) is 26.7 Å². The summed E-state index contributed by atoms with van der Waals surface area (Å²) >= 11 is 0. The summed E-state index contributed by atoms with van der Waals surface area (Å²) in [7, 11) is 1.71. The average molecular weight is 301 g/mol. The molecule has 0 radical (unpaired) electrons. The van der Waals surface area contributed by atoms with Crippen LogP contribution >= 0.6 is 0 Å². The third-order valence-electron chi connectivity index (χ3n) is 4.27.